The summed E-state index contributed by atoms with van der Waals surface area (Å²) in [6, 6.07) is 24.2. The Hall–Kier alpha value is -4.65. The number of H-pyrrole nitrogens is 1. The molecule has 0 atom stereocenters. The normalized spacial score (nSPS) is 11.5. The topological polar surface area (TPSA) is 89.6 Å². The van der Waals surface area contributed by atoms with Crippen molar-refractivity contribution < 1.29 is 9.59 Å². The van der Waals surface area contributed by atoms with Crippen molar-refractivity contribution in [3.05, 3.63) is 107 Å². The number of aromatic nitrogens is 1. The maximum atomic E-state index is 13.0. The van der Waals surface area contributed by atoms with E-state index in [1.54, 1.807) is 36.6 Å². The predicted molar refractivity (Wildman–Crippen MR) is 137 cm³/mol. The first-order chi connectivity index (χ1) is 16.5. The molecule has 0 saturated carbocycles. The molecule has 2 amide bonds. The molecule has 170 valence electrons. The first-order valence-corrected chi connectivity index (χ1v) is 10.8. The Kier molecular flexibility index (Phi) is 6.84. The van der Waals surface area contributed by atoms with E-state index in [1.807, 2.05) is 79.8 Å². The number of nitrogens with one attached hydrogen (secondary N) is 3. The van der Waals surface area contributed by atoms with Crippen molar-refractivity contribution in [1.29, 1.82) is 0 Å². The quantitative estimate of drug-likeness (QED) is 0.224. The Balaban J connectivity index is 1.55. The largest absolute Gasteiger partial charge is 0.378 e. The summed E-state index contributed by atoms with van der Waals surface area (Å²) in [5, 5.41) is 7.81. The van der Waals surface area contributed by atoms with Gasteiger partial charge in [-0.25, -0.2) is 5.43 Å². The van der Waals surface area contributed by atoms with E-state index in [1.165, 1.54) is 0 Å². The van der Waals surface area contributed by atoms with Crippen molar-refractivity contribution in [3.63, 3.8) is 0 Å². The van der Waals surface area contributed by atoms with Gasteiger partial charge in [-0.3, -0.25) is 9.59 Å². The van der Waals surface area contributed by atoms with Crippen molar-refractivity contribution in [3.8, 4) is 0 Å². The molecule has 0 aliphatic carbocycles. The van der Waals surface area contributed by atoms with Gasteiger partial charge in [0.05, 0.1) is 6.21 Å². The van der Waals surface area contributed by atoms with E-state index in [0.29, 0.717) is 5.56 Å². The first-order valence-electron chi connectivity index (χ1n) is 10.8. The number of hydrogen-bond donors (Lipinski definition) is 3. The molecule has 0 saturated heterocycles. The first kappa shape index (κ1) is 22.5. The Morgan fingerprint density at radius 1 is 0.912 bits per heavy atom. The summed E-state index contributed by atoms with van der Waals surface area (Å²) in [6.07, 6.45) is 5.01. The molecule has 7 heteroatoms. The minimum atomic E-state index is -0.531. The number of aromatic amines is 1. The number of rotatable bonds is 7. The lowest BCUT2D eigenvalue weighted by Crippen LogP contribution is -2.32. The van der Waals surface area contributed by atoms with Crippen LogP contribution in [-0.2, 0) is 4.79 Å². The number of anilines is 1. The molecule has 4 rings (SSSR count). The number of fused-ring (bicyclic) bond motifs is 1. The minimum absolute atomic E-state index is 0.0857. The molecule has 0 aliphatic heterocycles. The summed E-state index contributed by atoms with van der Waals surface area (Å²) in [5.41, 5.74) is 6.67. The Labute approximate surface area is 197 Å². The third kappa shape index (κ3) is 5.39. The number of carbonyl (C=O) groups is 2. The van der Waals surface area contributed by atoms with Crippen molar-refractivity contribution in [2.75, 3.05) is 19.0 Å². The highest BCUT2D eigenvalue weighted by molar-refractivity contribution is 6.06. The van der Waals surface area contributed by atoms with Gasteiger partial charge in [0.15, 0.2) is 0 Å². The summed E-state index contributed by atoms with van der Waals surface area (Å²) < 4.78 is 0. The van der Waals surface area contributed by atoms with E-state index >= 15 is 0 Å². The van der Waals surface area contributed by atoms with Gasteiger partial charge in [0.25, 0.3) is 11.8 Å². The van der Waals surface area contributed by atoms with Gasteiger partial charge in [0, 0.05) is 48.0 Å². The van der Waals surface area contributed by atoms with Crippen LogP contribution in [0, 0.1) is 0 Å². The molecular weight excluding hydrogens is 426 g/mol. The van der Waals surface area contributed by atoms with Gasteiger partial charge in [-0.05, 0) is 42.0 Å². The Bertz CT molecular complexity index is 1350. The van der Waals surface area contributed by atoms with E-state index in [-0.39, 0.29) is 11.6 Å². The second-order valence-corrected chi connectivity index (χ2v) is 7.85. The van der Waals surface area contributed by atoms with E-state index in [0.717, 1.165) is 27.7 Å². The van der Waals surface area contributed by atoms with Crippen molar-refractivity contribution in [2.45, 2.75) is 0 Å². The van der Waals surface area contributed by atoms with Gasteiger partial charge in [-0.15, -0.1) is 0 Å². The average Bonchev–Trinajstić information content (AvgIpc) is 3.27. The van der Waals surface area contributed by atoms with Gasteiger partial charge < -0.3 is 15.2 Å². The fourth-order valence-electron chi connectivity index (χ4n) is 3.40. The van der Waals surface area contributed by atoms with E-state index in [9.17, 15) is 9.59 Å². The summed E-state index contributed by atoms with van der Waals surface area (Å²) in [5.74, 6) is -0.912. The lowest BCUT2D eigenvalue weighted by Gasteiger charge is -2.12. The molecule has 0 unspecified atom stereocenters. The fraction of sp³-hybridized carbons (Fsp3) is 0.0741. The summed E-state index contributed by atoms with van der Waals surface area (Å²) in [7, 11) is 3.91. The predicted octanol–water partition coefficient (Wildman–Crippen LogP) is 4.16. The maximum absolute atomic E-state index is 13.0. The third-order valence-electron chi connectivity index (χ3n) is 5.24. The number of amides is 2. The van der Waals surface area contributed by atoms with Gasteiger partial charge in [-0.2, -0.15) is 5.10 Å². The number of hydrazone groups is 1. The molecule has 0 bridgehead atoms. The van der Waals surface area contributed by atoms with Crippen molar-refractivity contribution >= 4 is 40.7 Å². The Morgan fingerprint density at radius 2 is 1.62 bits per heavy atom. The molecule has 0 fully saturated rings. The van der Waals surface area contributed by atoms with Crippen LogP contribution < -0.4 is 15.6 Å². The van der Waals surface area contributed by atoms with Crippen LogP contribution in [0.1, 0.15) is 21.5 Å². The number of benzene rings is 3. The second kappa shape index (κ2) is 10.3. The lowest BCUT2D eigenvalue weighted by atomic mass is 10.1. The summed E-state index contributed by atoms with van der Waals surface area (Å²) in [4.78, 5) is 30.8. The van der Waals surface area contributed by atoms with Gasteiger partial charge in [0.2, 0.25) is 0 Å². The number of para-hydroxylation sites is 1. The lowest BCUT2D eigenvalue weighted by molar-refractivity contribution is -0.117. The molecule has 1 aromatic heterocycles. The molecule has 3 N–H and O–H groups in total. The zero-order valence-corrected chi connectivity index (χ0v) is 18.9. The van der Waals surface area contributed by atoms with Crippen LogP contribution in [0.25, 0.3) is 17.0 Å². The smallest absolute Gasteiger partial charge is 0.287 e. The Morgan fingerprint density at radius 3 is 2.35 bits per heavy atom. The molecule has 0 aliphatic rings. The highest BCUT2D eigenvalue weighted by Crippen LogP contribution is 2.16. The van der Waals surface area contributed by atoms with Crippen LogP contribution in [0.4, 0.5) is 5.69 Å². The van der Waals surface area contributed by atoms with Gasteiger partial charge >= 0.3 is 0 Å². The molecular formula is C27H25N5O2. The van der Waals surface area contributed by atoms with Crippen LogP contribution in [-0.4, -0.2) is 37.1 Å². The number of hydrogen-bond acceptors (Lipinski definition) is 4. The molecule has 3 aromatic carbocycles. The zero-order chi connectivity index (χ0) is 23.9. The van der Waals surface area contributed by atoms with Crippen LogP contribution in [0.5, 0.6) is 0 Å². The van der Waals surface area contributed by atoms with Crippen molar-refractivity contribution in [1.82, 2.24) is 15.7 Å². The number of carbonyl (C=O) groups excluding carboxylic acids is 2. The molecule has 1 heterocycles. The molecule has 4 aromatic rings. The van der Waals surface area contributed by atoms with Gasteiger partial charge in [-0.1, -0.05) is 48.5 Å². The maximum Gasteiger partial charge on any atom is 0.287 e. The summed E-state index contributed by atoms with van der Waals surface area (Å²) in [6.45, 7) is 0. The molecule has 7 nitrogen and oxygen atoms in total. The third-order valence-corrected chi connectivity index (χ3v) is 5.24. The zero-order valence-electron chi connectivity index (χ0n) is 18.9. The van der Waals surface area contributed by atoms with Crippen LogP contribution >= 0.6 is 0 Å². The second-order valence-electron chi connectivity index (χ2n) is 7.85. The summed E-state index contributed by atoms with van der Waals surface area (Å²) >= 11 is 0. The fourth-order valence-corrected chi connectivity index (χ4v) is 3.40. The monoisotopic (exact) mass is 451 g/mol. The molecule has 0 radical (unpaired) electrons. The van der Waals surface area contributed by atoms with Crippen molar-refractivity contribution in [2.24, 2.45) is 5.10 Å². The average molecular weight is 452 g/mol. The number of nitrogens with zero attached hydrogens (tertiary/aromatic N) is 2. The molecule has 34 heavy (non-hydrogen) atoms. The van der Waals surface area contributed by atoms with Gasteiger partial charge in [0.1, 0.15) is 5.70 Å². The molecule has 0 spiro atoms. The van der Waals surface area contributed by atoms with E-state index < -0.39 is 5.91 Å². The highest BCUT2D eigenvalue weighted by atomic mass is 16.2. The van der Waals surface area contributed by atoms with E-state index in [2.05, 4.69) is 20.8 Å². The standard InChI is InChI=1S/C27H25N5O2/c1-32(2)22-14-12-19(13-15-22)16-25(30-26(33)20-8-4-3-5-9-20)27(34)31-29-18-21-17-28-24-11-7-6-10-23(21)24/h3-18,28H,1-2H3,(H,30,33)(H,31,34)/b25-16?,29-18+. The SMILES string of the molecule is CN(C)c1ccc(C=C(NC(=O)c2ccccc2)C(=O)N/N=C/c2c[nH]c3ccccc23)cc1. The van der Waals surface area contributed by atoms with Crippen LogP contribution in [0.3, 0.4) is 0 Å². The minimum Gasteiger partial charge on any atom is -0.378 e. The van der Waals surface area contributed by atoms with E-state index in [4.69, 9.17) is 0 Å². The van der Waals surface area contributed by atoms with Crippen LogP contribution in [0.2, 0.25) is 0 Å². The highest BCUT2D eigenvalue weighted by Gasteiger charge is 2.14. The van der Waals surface area contributed by atoms with Crippen LogP contribution in [0.15, 0.2) is 95.9 Å².